The lowest BCUT2D eigenvalue weighted by molar-refractivity contribution is -0.125. The van der Waals surface area contributed by atoms with Gasteiger partial charge < -0.3 is 15.1 Å². The quantitative estimate of drug-likeness (QED) is 0.810. The van der Waals surface area contributed by atoms with E-state index in [9.17, 15) is 4.79 Å². The molecule has 0 spiro atoms. The van der Waals surface area contributed by atoms with Gasteiger partial charge in [0.15, 0.2) is 0 Å². The highest BCUT2D eigenvalue weighted by Gasteiger charge is 2.26. The lowest BCUT2D eigenvalue weighted by atomic mass is 10.3. The first-order valence-electron chi connectivity index (χ1n) is 6.92. The molecule has 20 heavy (non-hydrogen) atoms. The summed E-state index contributed by atoms with van der Waals surface area (Å²) < 4.78 is 1.95. The van der Waals surface area contributed by atoms with Crippen molar-refractivity contribution < 1.29 is 4.79 Å². The van der Waals surface area contributed by atoms with E-state index in [-0.39, 0.29) is 11.9 Å². The van der Waals surface area contributed by atoms with Crippen LogP contribution < -0.4 is 5.32 Å². The van der Waals surface area contributed by atoms with Gasteiger partial charge in [-0.05, 0) is 20.5 Å². The first-order valence-corrected chi connectivity index (χ1v) is 6.92. The minimum absolute atomic E-state index is 0.0929. The zero-order chi connectivity index (χ0) is 14.5. The molecule has 1 aromatic rings. The summed E-state index contributed by atoms with van der Waals surface area (Å²) in [7, 11) is 5.84. The van der Waals surface area contributed by atoms with Crippen LogP contribution in [0.1, 0.15) is 12.5 Å². The number of carbonyl (C=O) groups excluding carboxylic acids is 1. The Morgan fingerprint density at radius 3 is 3.05 bits per heavy atom. The third-order valence-electron chi connectivity index (χ3n) is 3.47. The zero-order valence-electron chi connectivity index (χ0n) is 12.4. The molecule has 2 heterocycles. The van der Waals surface area contributed by atoms with Gasteiger partial charge in [0.05, 0.1) is 17.9 Å². The number of amides is 1. The van der Waals surface area contributed by atoms with Crippen molar-refractivity contribution in [3.8, 4) is 0 Å². The molecule has 0 radical (unpaired) electrons. The number of nitrogens with one attached hydrogen (secondary N) is 1. The minimum Gasteiger partial charge on any atom is -0.386 e. The highest BCUT2D eigenvalue weighted by atomic mass is 16.2. The number of nitrogens with zero attached hydrogens (tertiary/aromatic N) is 4. The van der Waals surface area contributed by atoms with E-state index in [1.54, 1.807) is 6.08 Å². The number of hydrogen-bond acceptors (Lipinski definition) is 4. The first kappa shape index (κ1) is 14.6. The minimum atomic E-state index is 0.0929. The Kier molecular flexibility index (Phi) is 4.79. The molecule has 0 aliphatic carbocycles. The largest absolute Gasteiger partial charge is 0.386 e. The first-order chi connectivity index (χ1) is 9.60. The van der Waals surface area contributed by atoms with Crippen LogP contribution in [0.4, 0.5) is 5.69 Å². The van der Waals surface area contributed by atoms with E-state index in [1.165, 1.54) is 0 Å². The van der Waals surface area contributed by atoms with E-state index in [1.807, 2.05) is 54.1 Å². The average molecular weight is 277 g/mol. The molecule has 1 atom stereocenters. The Balaban J connectivity index is 1.88. The Morgan fingerprint density at radius 2 is 2.40 bits per heavy atom. The van der Waals surface area contributed by atoms with Gasteiger partial charge in [0.25, 0.3) is 0 Å². The number of anilines is 1. The fraction of sp³-hybridized carbons (Fsp3) is 0.571. The Bertz CT molecular complexity index is 480. The van der Waals surface area contributed by atoms with E-state index in [2.05, 4.69) is 10.4 Å². The van der Waals surface area contributed by atoms with E-state index >= 15 is 0 Å². The summed E-state index contributed by atoms with van der Waals surface area (Å²) in [4.78, 5) is 16.0. The average Bonchev–Trinajstić information content (AvgIpc) is 3.06. The molecule has 0 bridgehead atoms. The normalized spacial score (nSPS) is 19.2. The molecule has 1 amide bonds. The maximum Gasteiger partial charge on any atom is 0.246 e. The number of likely N-dealkylation sites (tertiary alicyclic amines) is 1. The van der Waals surface area contributed by atoms with Crippen LogP contribution in [0.5, 0.6) is 0 Å². The summed E-state index contributed by atoms with van der Waals surface area (Å²) in [6, 6.07) is 0.281. The highest BCUT2D eigenvalue weighted by Crippen LogP contribution is 2.22. The van der Waals surface area contributed by atoms with E-state index in [0.29, 0.717) is 0 Å². The monoisotopic (exact) mass is 277 g/mol. The number of carbonyl (C=O) groups is 1. The lowest BCUT2D eigenvalue weighted by Crippen LogP contribution is -2.27. The second-order valence-corrected chi connectivity index (χ2v) is 5.35. The molecule has 2 rings (SSSR count). The summed E-state index contributed by atoms with van der Waals surface area (Å²) in [6.45, 7) is 2.31. The van der Waals surface area contributed by atoms with E-state index in [0.717, 1.165) is 31.7 Å². The smallest absolute Gasteiger partial charge is 0.246 e. The number of aromatic nitrogens is 2. The van der Waals surface area contributed by atoms with Crippen LogP contribution in [0, 0.1) is 0 Å². The second-order valence-electron chi connectivity index (χ2n) is 5.35. The van der Waals surface area contributed by atoms with Gasteiger partial charge in [-0.2, -0.15) is 5.10 Å². The molecule has 1 aliphatic heterocycles. The van der Waals surface area contributed by atoms with Crippen molar-refractivity contribution in [3.63, 3.8) is 0 Å². The van der Waals surface area contributed by atoms with Crippen LogP contribution in [-0.2, 0) is 4.79 Å². The van der Waals surface area contributed by atoms with Gasteiger partial charge in [0.2, 0.25) is 5.91 Å². The summed E-state index contributed by atoms with van der Waals surface area (Å²) in [5, 5.41) is 7.40. The molecule has 1 aromatic heterocycles. The molecule has 6 nitrogen and oxygen atoms in total. The maximum atomic E-state index is 12.0. The standard InChI is InChI=1S/C14H23N5O/c1-15-12-9-16-19(10-12)13-6-8-18(11-13)14(20)5-4-7-17(2)3/h4-5,9-10,13,15H,6-8,11H2,1-3H3/b5-4+. The highest BCUT2D eigenvalue weighted by molar-refractivity contribution is 5.87. The third-order valence-corrected chi connectivity index (χ3v) is 3.47. The predicted octanol–water partition coefficient (Wildman–Crippen LogP) is 0.816. The summed E-state index contributed by atoms with van der Waals surface area (Å²) in [5.74, 6) is 0.0929. The van der Waals surface area contributed by atoms with Crippen molar-refractivity contribution in [3.05, 3.63) is 24.5 Å². The van der Waals surface area contributed by atoms with Crippen LogP contribution in [-0.4, -0.2) is 66.3 Å². The van der Waals surface area contributed by atoms with Crippen LogP contribution in [0.15, 0.2) is 24.5 Å². The van der Waals surface area contributed by atoms with Crippen molar-refractivity contribution in [1.82, 2.24) is 19.6 Å². The topological polar surface area (TPSA) is 53.4 Å². The SMILES string of the molecule is CNc1cnn(C2CCN(C(=O)/C=C/CN(C)C)C2)c1. The van der Waals surface area contributed by atoms with Gasteiger partial charge in [-0.1, -0.05) is 6.08 Å². The second kappa shape index (κ2) is 6.56. The van der Waals surface area contributed by atoms with Crippen molar-refractivity contribution >= 4 is 11.6 Å². The molecular formula is C14H23N5O. The Hall–Kier alpha value is -1.82. The summed E-state index contributed by atoms with van der Waals surface area (Å²) >= 11 is 0. The van der Waals surface area contributed by atoms with Gasteiger partial charge in [-0.15, -0.1) is 0 Å². The van der Waals surface area contributed by atoms with Gasteiger partial charge in [0, 0.05) is 39.0 Å². The molecule has 6 heteroatoms. The van der Waals surface area contributed by atoms with Gasteiger partial charge >= 0.3 is 0 Å². The van der Waals surface area contributed by atoms with Gasteiger partial charge in [-0.25, -0.2) is 0 Å². The van der Waals surface area contributed by atoms with Crippen LogP contribution in [0.25, 0.3) is 0 Å². The zero-order valence-corrected chi connectivity index (χ0v) is 12.4. The van der Waals surface area contributed by atoms with Crippen molar-refractivity contribution in [2.75, 3.05) is 46.1 Å². The molecular weight excluding hydrogens is 254 g/mol. The predicted molar refractivity (Wildman–Crippen MR) is 79.7 cm³/mol. The Labute approximate surface area is 120 Å². The molecule has 1 aliphatic rings. The Morgan fingerprint density at radius 1 is 1.60 bits per heavy atom. The molecule has 1 saturated heterocycles. The number of rotatable bonds is 5. The molecule has 1 unspecified atom stereocenters. The summed E-state index contributed by atoms with van der Waals surface area (Å²) in [6.07, 6.45) is 8.33. The summed E-state index contributed by atoms with van der Waals surface area (Å²) in [5.41, 5.74) is 1.00. The molecule has 1 fully saturated rings. The van der Waals surface area contributed by atoms with Crippen molar-refractivity contribution in [2.24, 2.45) is 0 Å². The maximum absolute atomic E-state index is 12.0. The van der Waals surface area contributed by atoms with Gasteiger partial charge in [-0.3, -0.25) is 9.48 Å². The number of likely N-dealkylation sites (N-methyl/N-ethyl adjacent to an activating group) is 1. The van der Waals surface area contributed by atoms with Crippen LogP contribution in [0.3, 0.4) is 0 Å². The fourth-order valence-corrected chi connectivity index (χ4v) is 2.29. The van der Waals surface area contributed by atoms with Crippen LogP contribution >= 0.6 is 0 Å². The van der Waals surface area contributed by atoms with Gasteiger partial charge in [0.1, 0.15) is 0 Å². The molecule has 0 saturated carbocycles. The van der Waals surface area contributed by atoms with E-state index < -0.39 is 0 Å². The number of hydrogen-bond donors (Lipinski definition) is 1. The molecule has 1 N–H and O–H groups in total. The van der Waals surface area contributed by atoms with Crippen molar-refractivity contribution in [1.29, 1.82) is 0 Å². The molecule has 0 aromatic carbocycles. The third kappa shape index (κ3) is 3.60. The fourth-order valence-electron chi connectivity index (χ4n) is 2.29. The molecule has 110 valence electrons. The van der Waals surface area contributed by atoms with Crippen molar-refractivity contribution in [2.45, 2.75) is 12.5 Å². The van der Waals surface area contributed by atoms with E-state index in [4.69, 9.17) is 0 Å². The van der Waals surface area contributed by atoms with Crippen LogP contribution in [0.2, 0.25) is 0 Å². The lowest BCUT2D eigenvalue weighted by Gasteiger charge is -2.14.